The summed E-state index contributed by atoms with van der Waals surface area (Å²) < 4.78 is 11.7. The molecule has 0 saturated heterocycles. The average molecular weight is 268 g/mol. The molecule has 1 N–H and O–H groups in total. The first-order chi connectivity index (χ1) is 8.64. The van der Waals surface area contributed by atoms with Crippen molar-refractivity contribution in [3.63, 3.8) is 0 Å². The maximum atomic E-state index is 10.8. The number of carboxylic acid groups (broad SMARTS) is 1. The molecular weight excluding hydrogens is 248 g/mol. The van der Waals surface area contributed by atoms with E-state index in [2.05, 4.69) is 0 Å². The molecule has 1 aromatic carbocycles. The minimum Gasteiger partial charge on any atom is -0.481 e. The Morgan fingerprint density at radius 3 is 2.17 bits per heavy atom. The topological polar surface area (TPSA) is 55.8 Å². The molecule has 4 nitrogen and oxygen atoms in total. The fourth-order valence-corrected chi connectivity index (χ4v) is 5.10. The van der Waals surface area contributed by atoms with E-state index in [1.54, 1.807) is 0 Å². The van der Waals surface area contributed by atoms with Gasteiger partial charge < -0.3 is 14.0 Å². The Bertz CT molecular complexity index is 361. The zero-order valence-electron chi connectivity index (χ0n) is 10.9. The van der Waals surface area contributed by atoms with Crippen LogP contribution in [0.2, 0.25) is 6.04 Å². The third-order valence-electron chi connectivity index (χ3n) is 2.64. The molecule has 18 heavy (non-hydrogen) atoms. The molecule has 0 spiro atoms. The Morgan fingerprint density at radius 2 is 1.72 bits per heavy atom. The van der Waals surface area contributed by atoms with E-state index in [0.717, 1.165) is 5.19 Å². The number of benzene rings is 1. The number of carbonyl (C=O) groups is 1. The zero-order valence-corrected chi connectivity index (χ0v) is 11.9. The van der Waals surface area contributed by atoms with Crippen LogP contribution in [0, 0.1) is 0 Å². The van der Waals surface area contributed by atoms with Crippen molar-refractivity contribution in [2.75, 3.05) is 13.2 Å². The number of rotatable bonds is 8. The van der Waals surface area contributed by atoms with Crippen molar-refractivity contribution < 1.29 is 18.8 Å². The van der Waals surface area contributed by atoms with Gasteiger partial charge in [-0.1, -0.05) is 30.3 Å². The van der Waals surface area contributed by atoms with Crippen LogP contribution in [-0.4, -0.2) is 32.9 Å². The van der Waals surface area contributed by atoms with Gasteiger partial charge >= 0.3 is 14.5 Å². The highest BCUT2D eigenvalue weighted by Crippen LogP contribution is 2.16. The van der Waals surface area contributed by atoms with Crippen molar-refractivity contribution in [2.45, 2.75) is 26.3 Å². The highest BCUT2D eigenvalue weighted by Gasteiger charge is 2.39. The molecular formula is C13H20O4Si. The third kappa shape index (κ3) is 3.94. The van der Waals surface area contributed by atoms with Gasteiger partial charge in [0.15, 0.2) is 0 Å². The summed E-state index contributed by atoms with van der Waals surface area (Å²) in [7, 11) is -2.62. The van der Waals surface area contributed by atoms with E-state index >= 15 is 0 Å². The Hall–Kier alpha value is -1.17. The lowest BCUT2D eigenvalue weighted by molar-refractivity contribution is -0.136. The highest BCUT2D eigenvalue weighted by atomic mass is 28.4. The summed E-state index contributed by atoms with van der Waals surface area (Å²) in [5.74, 6) is -0.817. The van der Waals surface area contributed by atoms with Crippen molar-refractivity contribution in [1.82, 2.24) is 0 Å². The third-order valence-corrected chi connectivity index (χ3v) is 6.27. The van der Waals surface area contributed by atoms with Gasteiger partial charge in [0, 0.05) is 25.7 Å². The fourth-order valence-electron chi connectivity index (χ4n) is 1.93. The molecule has 1 rings (SSSR count). The van der Waals surface area contributed by atoms with Crippen LogP contribution in [0.25, 0.3) is 0 Å². The lowest BCUT2D eigenvalue weighted by atomic mass is 10.4. The summed E-state index contributed by atoms with van der Waals surface area (Å²) in [6.07, 6.45) is 0.0706. The predicted molar refractivity (Wildman–Crippen MR) is 72.1 cm³/mol. The van der Waals surface area contributed by atoms with Gasteiger partial charge in [0.1, 0.15) is 0 Å². The van der Waals surface area contributed by atoms with E-state index in [4.69, 9.17) is 14.0 Å². The quantitative estimate of drug-likeness (QED) is 0.731. The maximum Gasteiger partial charge on any atom is 0.373 e. The number of carboxylic acids is 1. The zero-order chi connectivity index (χ0) is 13.4. The monoisotopic (exact) mass is 268 g/mol. The molecule has 5 heteroatoms. The molecule has 0 radical (unpaired) electrons. The Balaban J connectivity index is 2.99. The average Bonchev–Trinajstić information content (AvgIpc) is 2.37. The molecule has 0 aliphatic heterocycles. The van der Waals surface area contributed by atoms with Crippen LogP contribution >= 0.6 is 0 Å². The number of aliphatic carboxylic acids is 1. The van der Waals surface area contributed by atoms with Crippen LogP contribution in [0.3, 0.4) is 0 Å². The first-order valence-electron chi connectivity index (χ1n) is 6.20. The van der Waals surface area contributed by atoms with Crippen LogP contribution < -0.4 is 5.19 Å². The summed E-state index contributed by atoms with van der Waals surface area (Å²) in [5, 5.41) is 9.87. The summed E-state index contributed by atoms with van der Waals surface area (Å²) in [5.41, 5.74) is 0. The summed E-state index contributed by atoms with van der Waals surface area (Å²) in [6, 6.07) is 10.1. The standard InChI is InChI=1S/C13H20O4Si/c1-3-16-18(17-4-2,11-10-13(14)15)12-8-6-5-7-9-12/h5-9H,3-4,10-11H2,1-2H3,(H,14,15). The molecule has 0 fully saturated rings. The van der Waals surface area contributed by atoms with Crippen molar-refractivity contribution in [3.8, 4) is 0 Å². The first-order valence-corrected chi connectivity index (χ1v) is 8.22. The minimum atomic E-state index is -2.62. The SMILES string of the molecule is CCO[Si](CCC(=O)O)(OCC)c1ccccc1. The molecule has 0 aromatic heterocycles. The lowest BCUT2D eigenvalue weighted by Gasteiger charge is -2.29. The molecule has 0 aliphatic carbocycles. The number of hydrogen-bond donors (Lipinski definition) is 1. The molecule has 0 amide bonds. The van der Waals surface area contributed by atoms with E-state index in [9.17, 15) is 4.79 Å². The van der Waals surface area contributed by atoms with E-state index < -0.39 is 14.5 Å². The summed E-state index contributed by atoms with van der Waals surface area (Å²) in [4.78, 5) is 10.8. The van der Waals surface area contributed by atoms with E-state index in [1.807, 2.05) is 44.2 Å². The molecule has 0 atom stereocenters. The van der Waals surface area contributed by atoms with Crippen molar-refractivity contribution >= 4 is 19.7 Å². The Kier molecular flexibility index (Phi) is 6.04. The van der Waals surface area contributed by atoms with Gasteiger partial charge in [0.05, 0.1) is 0 Å². The summed E-state index contributed by atoms with van der Waals surface area (Å²) >= 11 is 0. The van der Waals surface area contributed by atoms with Crippen molar-refractivity contribution in [3.05, 3.63) is 30.3 Å². The molecule has 0 heterocycles. The van der Waals surface area contributed by atoms with E-state index in [1.165, 1.54) is 0 Å². The van der Waals surface area contributed by atoms with Crippen molar-refractivity contribution in [2.24, 2.45) is 0 Å². The van der Waals surface area contributed by atoms with Crippen LogP contribution in [0.4, 0.5) is 0 Å². The first kappa shape index (κ1) is 14.9. The van der Waals surface area contributed by atoms with Gasteiger partial charge in [-0.2, -0.15) is 0 Å². The normalized spacial score (nSPS) is 11.4. The second kappa shape index (κ2) is 7.30. The van der Waals surface area contributed by atoms with Gasteiger partial charge in [-0.3, -0.25) is 4.79 Å². The predicted octanol–water partition coefficient (Wildman–Crippen LogP) is 1.88. The van der Waals surface area contributed by atoms with Crippen molar-refractivity contribution in [1.29, 1.82) is 0 Å². The van der Waals surface area contributed by atoms with Gasteiger partial charge in [-0.25, -0.2) is 0 Å². The van der Waals surface area contributed by atoms with Gasteiger partial charge in [-0.05, 0) is 19.0 Å². The van der Waals surface area contributed by atoms with Gasteiger partial charge in [0.25, 0.3) is 0 Å². The second-order valence-electron chi connectivity index (χ2n) is 3.88. The lowest BCUT2D eigenvalue weighted by Crippen LogP contribution is -2.54. The van der Waals surface area contributed by atoms with Crippen LogP contribution in [0.15, 0.2) is 30.3 Å². The van der Waals surface area contributed by atoms with Gasteiger partial charge in [-0.15, -0.1) is 0 Å². The Morgan fingerprint density at radius 1 is 1.17 bits per heavy atom. The number of hydrogen-bond acceptors (Lipinski definition) is 3. The molecule has 1 aromatic rings. The maximum absolute atomic E-state index is 10.8. The summed E-state index contributed by atoms with van der Waals surface area (Å²) in [6.45, 7) is 4.87. The largest absolute Gasteiger partial charge is 0.481 e. The smallest absolute Gasteiger partial charge is 0.373 e. The highest BCUT2D eigenvalue weighted by molar-refractivity contribution is 6.81. The van der Waals surface area contributed by atoms with Crippen LogP contribution in [0.5, 0.6) is 0 Å². The fraction of sp³-hybridized carbons (Fsp3) is 0.462. The second-order valence-corrected chi connectivity index (χ2v) is 7.04. The molecule has 0 unspecified atom stereocenters. The molecule has 100 valence electrons. The van der Waals surface area contributed by atoms with Crippen LogP contribution in [0.1, 0.15) is 20.3 Å². The Labute approximate surface area is 109 Å². The molecule has 0 saturated carbocycles. The van der Waals surface area contributed by atoms with E-state index in [0.29, 0.717) is 19.3 Å². The van der Waals surface area contributed by atoms with Crippen LogP contribution in [-0.2, 0) is 13.6 Å². The minimum absolute atomic E-state index is 0.0706. The van der Waals surface area contributed by atoms with E-state index in [-0.39, 0.29) is 6.42 Å². The molecule has 0 bridgehead atoms. The molecule has 0 aliphatic rings. The van der Waals surface area contributed by atoms with Gasteiger partial charge in [0.2, 0.25) is 0 Å².